The van der Waals surface area contributed by atoms with Gasteiger partial charge in [0.05, 0.1) is 12.0 Å². The number of hydrogen-bond donors (Lipinski definition) is 0. The number of halogens is 1. The van der Waals surface area contributed by atoms with Crippen molar-refractivity contribution in [2.45, 2.75) is 37.6 Å². The minimum atomic E-state index is -3.86. The summed E-state index contributed by atoms with van der Waals surface area (Å²) in [7, 11) is -2.60. The highest BCUT2D eigenvalue weighted by molar-refractivity contribution is 7.89. The van der Waals surface area contributed by atoms with Crippen molar-refractivity contribution < 1.29 is 22.3 Å². The second kappa shape index (κ2) is 6.97. The molecule has 0 N–H and O–H groups in total. The maximum Gasteiger partial charge on any atom is 0.324 e. The van der Waals surface area contributed by atoms with E-state index in [2.05, 4.69) is 0 Å². The number of nitrogens with zero attached hydrogens (tertiary/aromatic N) is 1. The first-order valence-corrected chi connectivity index (χ1v) is 9.06. The van der Waals surface area contributed by atoms with Crippen LogP contribution in [-0.4, -0.2) is 38.4 Å². The van der Waals surface area contributed by atoms with E-state index in [9.17, 15) is 17.6 Å². The van der Waals surface area contributed by atoms with E-state index in [1.807, 2.05) is 13.8 Å². The Morgan fingerprint density at radius 2 is 1.96 bits per heavy atom. The largest absolute Gasteiger partial charge is 0.468 e. The number of benzene rings is 1. The predicted molar refractivity (Wildman–Crippen MR) is 83.7 cm³/mol. The van der Waals surface area contributed by atoms with E-state index in [1.54, 1.807) is 0 Å². The van der Waals surface area contributed by atoms with Crippen LogP contribution in [0.5, 0.6) is 0 Å². The quantitative estimate of drug-likeness (QED) is 0.770. The van der Waals surface area contributed by atoms with Crippen molar-refractivity contribution >= 4 is 16.0 Å². The van der Waals surface area contributed by atoms with Crippen molar-refractivity contribution in [1.82, 2.24) is 4.31 Å². The fraction of sp³-hybridized carbons (Fsp3) is 0.562. The lowest BCUT2D eigenvalue weighted by atomic mass is 9.91. The SMILES string of the molecule is COC(=O)[C@@H]1[C@@H](CC(C)C)CCN1S(=O)(=O)c1ccc(F)cc1. The Hall–Kier alpha value is -1.47. The van der Waals surface area contributed by atoms with Crippen LogP contribution >= 0.6 is 0 Å². The number of carbonyl (C=O) groups excluding carboxylic acids is 1. The minimum Gasteiger partial charge on any atom is -0.468 e. The lowest BCUT2D eigenvalue weighted by Crippen LogP contribution is -2.44. The summed E-state index contributed by atoms with van der Waals surface area (Å²) in [6.45, 7) is 4.33. The zero-order valence-corrected chi connectivity index (χ0v) is 14.3. The molecule has 2 atom stereocenters. The molecule has 1 heterocycles. The van der Waals surface area contributed by atoms with Gasteiger partial charge in [0.1, 0.15) is 11.9 Å². The average Bonchev–Trinajstić information content (AvgIpc) is 2.90. The topological polar surface area (TPSA) is 63.7 Å². The lowest BCUT2D eigenvalue weighted by Gasteiger charge is -2.26. The Bertz CT molecular complexity index is 657. The van der Waals surface area contributed by atoms with Crippen LogP contribution in [0.2, 0.25) is 0 Å². The predicted octanol–water partition coefficient (Wildman–Crippen LogP) is 2.42. The van der Waals surface area contributed by atoms with E-state index in [0.29, 0.717) is 12.3 Å². The van der Waals surface area contributed by atoms with Crippen molar-refractivity contribution in [2.24, 2.45) is 11.8 Å². The number of carbonyl (C=O) groups is 1. The van der Waals surface area contributed by atoms with Gasteiger partial charge >= 0.3 is 5.97 Å². The van der Waals surface area contributed by atoms with Gasteiger partial charge in [-0.25, -0.2) is 12.8 Å². The molecule has 0 unspecified atom stereocenters. The molecule has 0 saturated carbocycles. The van der Waals surface area contributed by atoms with Crippen molar-refractivity contribution in [3.8, 4) is 0 Å². The smallest absolute Gasteiger partial charge is 0.324 e. The molecule has 0 bridgehead atoms. The first kappa shape index (κ1) is 17.9. The van der Waals surface area contributed by atoms with Crippen LogP contribution in [0.4, 0.5) is 4.39 Å². The fourth-order valence-electron chi connectivity index (χ4n) is 3.12. The summed E-state index contributed by atoms with van der Waals surface area (Å²) in [5.41, 5.74) is 0. The van der Waals surface area contributed by atoms with Crippen LogP contribution in [0.3, 0.4) is 0 Å². The Morgan fingerprint density at radius 3 is 2.48 bits per heavy atom. The first-order chi connectivity index (χ1) is 10.8. The Balaban J connectivity index is 2.35. The highest BCUT2D eigenvalue weighted by atomic mass is 32.2. The van der Waals surface area contributed by atoms with Gasteiger partial charge in [-0.15, -0.1) is 0 Å². The van der Waals surface area contributed by atoms with Gasteiger partial charge in [0, 0.05) is 6.54 Å². The summed E-state index contributed by atoms with van der Waals surface area (Å²) in [5, 5.41) is 0. The molecule has 1 fully saturated rings. The van der Waals surface area contributed by atoms with Gasteiger partial charge in [-0.05, 0) is 48.9 Å². The van der Waals surface area contributed by atoms with Crippen LogP contribution < -0.4 is 0 Å². The van der Waals surface area contributed by atoms with Crippen molar-refractivity contribution in [3.63, 3.8) is 0 Å². The number of ether oxygens (including phenoxy) is 1. The van der Waals surface area contributed by atoms with Crippen molar-refractivity contribution in [2.75, 3.05) is 13.7 Å². The number of hydrogen-bond acceptors (Lipinski definition) is 4. The molecule has 1 saturated heterocycles. The lowest BCUT2D eigenvalue weighted by molar-refractivity contribution is -0.145. The number of rotatable bonds is 5. The third kappa shape index (κ3) is 3.72. The maximum absolute atomic E-state index is 13.0. The van der Waals surface area contributed by atoms with E-state index >= 15 is 0 Å². The van der Waals surface area contributed by atoms with Gasteiger partial charge in [-0.1, -0.05) is 13.8 Å². The zero-order valence-electron chi connectivity index (χ0n) is 13.5. The van der Waals surface area contributed by atoms with E-state index in [-0.39, 0.29) is 17.4 Å². The molecular formula is C16H22FNO4S. The van der Waals surface area contributed by atoms with Gasteiger partial charge in [-0.2, -0.15) is 4.31 Å². The monoisotopic (exact) mass is 343 g/mol. The van der Waals surface area contributed by atoms with Crippen LogP contribution in [0.1, 0.15) is 26.7 Å². The van der Waals surface area contributed by atoms with E-state index in [1.165, 1.54) is 23.5 Å². The summed E-state index contributed by atoms with van der Waals surface area (Å²) in [4.78, 5) is 12.1. The summed E-state index contributed by atoms with van der Waals surface area (Å²) >= 11 is 0. The van der Waals surface area contributed by atoms with Gasteiger partial charge in [0.25, 0.3) is 0 Å². The number of sulfonamides is 1. The van der Waals surface area contributed by atoms with Crippen LogP contribution in [0.15, 0.2) is 29.2 Å². The van der Waals surface area contributed by atoms with Crippen LogP contribution in [-0.2, 0) is 19.6 Å². The molecule has 128 valence electrons. The summed E-state index contributed by atoms with van der Waals surface area (Å²) < 4.78 is 44.7. The van der Waals surface area contributed by atoms with Gasteiger partial charge in [-0.3, -0.25) is 4.79 Å². The molecule has 0 aromatic heterocycles. The summed E-state index contributed by atoms with van der Waals surface area (Å²) in [6.07, 6.45) is 1.35. The molecule has 1 aromatic rings. The third-order valence-corrected chi connectivity index (χ3v) is 6.01. The Kier molecular flexibility index (Phi) is 5.41. The highest BCUT2D eigenvalue weighted by Gasteiger charge is 2.46. The van der Waals surface area contributed by atoms with E-state index in [4.69, 9.17) is 4.74 Å². The minimum absolute atomic E-state index is 0.0157. The average molecular weight is 343 g/mol. The third-order valence-electron chi connectivity index (χ3n) is 4.11. The maximum atomic E-state index is 13.0. The standard InChI is InChI=1S/C16H22FNO4S/c1-11(2)10-12-8-9-18(15(12)16(19)22-3)23(20,21)14-6-4-13(17)5-7-14/h4-7,11-12,15H,8-10H2,1-3H3/t12-,15+/m1/s1. The molecule has 7 heteroatoms. The van der Waals surface area contributed by atoms with E-state index in [0.717, 1.165) is 18.6 Å². The molecule has 23 heavy (non-hydrogen) atoms. The summed E-state index contributed by atoms with van der Waals surface area (Å²) in [5.74, 6) is -0.773. The molecule has 2 rings (SSSR count). The molecule has 0 amide bonds. The molecule has 1 aromatic carbocycles. The van der Waals surface area contributed by atoms with Gasteiger partial charge in [0.15, 0.2) is 0 Å². The zero-order chi connectivity index (χ0) is 17.2. The molecule has 0 radical (unpaired) electrons. The Morgan fingerprint density at radius 1 is 1.35 bits per heavy atom. The van der Waals surface area contributed by atoms with Crippen molar-refractivity contribution in [1.29, 1.82) is 0 Å². The summed E-state index contributed by atoms with van der Waals surface area (Å²) in [6, 6.07) is 3.81. The molecule has 1 aliphatic heterocycles. The number of methoxy groups -OCH3 is 1. The fourth-order valence-corrected chi connectivity index (χ4v) is 4.77. The van der Waals surface area contributed by atoms with E-state index < -0.39 is 27.9 Å². The second-order valence-corrected chi connectivity index (χ2v) is 8.11. The van der Waals surface area contributed by atoms with Gasteiger partial charge in [0.2, 0.25) is 10.0 Å². The molecular weight excluding hydrogens is 321 g/mol. The number of esters is 1. The van der Waals surface area contributed by atoms with Crippen molar-refractivity contribution in [3.05, 3.63) is 30.1 Å². The Labute approximate surface area is 136 Å². The first-order valence-electron chi connectivity index (χ1n) is 7.62. The molecule has 0 spiro atoms. The molecule has 5 nitrogen and oxygen atoms in total. The van der Waals surface area contributed by atoms with Gasteiger partial charge < -0.3 is 4.74 Å². The second-order valence-electron chi connectivity index (χ2n) is 6.22. The molecule has 0 aliphatic carbocycles. The molecule has 1 aliphatic rings. The van der Waals surface area contributed by atoms with Crippen LogP contribution in [0, 0.1) is 17.7 Å². The normalized spacial score (nSPS) is 22.5. The highest BCUT2D eigenvalue weighted by Crippen LogP contribution is 2.34. The van der Waals surface area contributed by atoms with Crippen LogP contribution in [0.25, 0.3) is 0 Å².